The van der Waals surface area contributed by atoms with Crippen molar-refractivity contribution in [3.8, 4) is 11.8 Å². The predicted molar refractivity (Wildman–Crippen MR) is 81.6 cm³/mol. The van der Waals surface area contributed by atoms with Gasteiger partial charge < -0.3 is 10.1 Å². The lowest BCUT2D eigenvalue weighted by molar-refractivity contribution is 0.253. The van der Waals surface area contributed by atoms with Gasteiger partial charge in [-0.2, -0.15) is 5.26 Å². The zero-order chi connectivity index (χ0) is 14.0. The molecule has 1 aliphatic heterocycles. The van der Waals surface area contributed by atoms with Gasteiger partial charge in [0.05, 0.1) is 12.7 Å². The third-order valence-electron chi connectivity index (χ3n) is 3.47. The van der Waals surface area contributed by atoms with Gasteiger partial charge in [-0.05, 0) is 30.3 Å². The molecule has 1 heterocycles. The summed E-state index contributed by atoms with van der Waals surface area (Å²) < 4.78 is 6.65. The fourth-order valence-electron chi connectivity index (χ4n) is 2.45. The van der Waals surface area contributed by atoms with E-state index in [4.69, 9.17) is 4.74 Å². The molecule has 0 aliphatic carbocycles. The van der Waals surface area contributed by atoms with E-state index in [0.717, 1.165) is 21.5 Å². The average Bonchev–Trinajstić information content (AvgIpc) is 2.50. The van der Waals surface area contributed by atoms with E-state index >= 15 is 0 Å². The van der Waals surface area contributed by atoms with Crippen LogP contribution in [0, 0.1) is 11.3 Å². The second kappa shape index (κ2) is 5.18. The smallest absolute Gasteiger partial charge is 0.157 e. The van der Waals surface area contributed by atoms with Gasteiger partial charge in [-0.1, -0.05) is 34.1 Å². The molecular formula is C16H13BrN2O. The third kappa shape index (κ3) is 2.25. The Labute approximate surface area is 126 Å². The number of anilines is 1. The predicted octanol–water partition coefficient (Wildman–Crippen LogP) is 4.06. The molecule has 20 heavy (non-hydrogen) atoms. The number of hydrogen-bond donors (Lipinski definition) is 1. The number of para-hydroxylation sites is 1. The van der Waals surface area contributed by atoms with Crippen LogP contribution < -0.4 is 10.1 Å². The van der Waals surface area contributed by atoms with E-state index < -0.39 is 5.54 Å². The van der Waals surface area contributed by atoms with E-state index in [0.29, 0.717) is 13.0 Å². The summed E-state index contributed by atoms with van der Waals surface area (Å²) in [6.45, 7) is 0.536. The number of benzene rings is 2. The number of nitrogens with one attached hydrogen (secondary N) is 1. The Morgan fingerprint density at radius 3 is 2.65 bits per heavy atom. The van der Waals surface area contributed by atoms with Crippen molar-refractivity contribution in [1.82, 2.24) is 0 Å². The maximum atomic E-state index is 9.73. The monoisotopic (exact) mass is 328 g/mol. The van der Waals surface area contributed by atoms with Crippen molar-refractivity contribution in [2.75, 3.05) is 11.9 Å². The first-order valence-corrected chi connectivity index (χ1v) is 7.20. The highest BCUT2D eigenvalue weighted by atomic mass is 79.9. The normalized spacial score (nSPS) is 20.4. The summed E-state index contributed by atoms with van der Waals surface area (Å²) in [5, 5.41) is 13.1. The summed E-state index contributed by atoms with van der Waals surface area (Å²) in [6, 6.07) is 18.0. The fraction of sp³-hybridized carbons (Fsp3) is 0.188. The van der Waals surface area contributed by atoms with Gasteiger partial charge in [-0.25, -0.2) is 0 Å². The van der Waals surface area contributed by atoms with E-state index in [9.17, 15) is 5.26 Å². The maximum absolute atomic E-state index is 9.73. The van der Waals surface area contributed by atoms with E-state index in [1.165, 1.54) is 0 Å². The van der Waals surface area contributed by atoms with Crippen molar-refractivity contribution >= 4 is 21.6 Å². The summed E-state index contributed by atoms with van der Waals surface area (Å²) in [7, 11) is 0. The Morgan fingerprint density at radius 1 is 1.15 bits per heavy atom. The number of ether oxygens (including phenoxy) is 1. The van der Waals surface area contributed by atoms with Crippen LogP contribution in [0.3, 0.4) is 0 Å². The van der Waals surface area contributed by atoms with Crippen LogP contribution in [-0.2, 0) is 5.54 Å². The van der Waals surface area contributed by atoms with Crippen molar-refractivity contribution in [1.29, 1.82) is 5.26 Å². The first kappa shape index (κ1) is 13.0. The molecule has 0 saturated heterocycles. The van der Waals surface area contributed by atoms with Crippen molar-refractivity contribution in [2.45, 2.75) is 12.0 Å². The Hall–Kier alpha value is -1.99. The highest BCUT2D eigenvalue weighted by Crippen LogP contribution is 2.39. The molecular weight excluding hydrogens is 316 g/mol. The first-order chi connectivity index (χ1) is 9.73. The molecule has 0 radical (unpaired) electrons. The standard InChI is InChI=1S/C16H13BrN2O/c17-12-5-7-13(8-6-12)19-16(11-18)9-10-20-15-4-2-1-3-14(15)16/h1-8,19H,9-10H2. The zero-order valence-electron chi connectivity index (χ0n) is 10.8. The highest BCUT2D eigenvalue weighted by Gasteiger charge is 2.38. The van der Waals surface area contributed by atoms with Crippen LogP contribution in [0.25, 0.3) is 0 Å². The summed E-state index contributed by atoms with van der Waals surface area (Å²) >= 11 is 3.41. The molecule has 0 fully saturated rings. The highest BCUT2D eigenvalue weighted by molar-refractivity contribution is 9.10. The largest absolute Gasteiger partial charge is 0.493 e. The van der Waals surface area contributed by atoms with Gasteiger partial charge in [0.1, 0.15) is 5.75 Å². The number of nitrogens with zero attached hydrogens (tertiary/aromatic N) is 1. The quantitative estimate of drug-likeness (QED) is 0.904. The van der Waals surface area contributed by atoms with Gasteiger partial charge in [-0.15, -0.1) is 0 Å². The van der Waals surface area contributed by atoms with Gasteiger partial charge in [-0.3, -0.25) is 0 Å². The lowest BCUT2D eigenvalue weighted by Crippen LogP contribution is -2.38. The molecule has 2 aromatic rings. The van der Waals surface area contributed by atoms with Gasteiger partial charge in [0.15, 0.2) is 5.54 Å². The van der Waals surface area contributed by atoms with Gasteiger partial charge in [0, 0.05) is 22.1 Å². The average molecular weight is 329 g/mol. The molecule has 3 nitrogen and oxygen atoms in total. The van der Waals surface area contributed by atoms with Crippen LogP contribution in [0.5, 0.6) is 5.75 Å². The zero-order valence-corrected chi connectivity index (χ0v) is 12.4. The fourth-order valence-corrected chi connectivity index (χ4v) is 2.71. The van der Waals surface area contributed by atoms with E-state index in [1.54, 1.807) is 0 Å². The Morgan fingerprint density at radius 2 is 1.90 bits per heavy atom. The van der Waals surface area contributed by atoms with Crippen molar-refractivity contribution < 1.29 is 4.74 Å². The van der Waals surface area contributed by atoms with Crippen molar-refractivity contribution in [3.05, 3.63) is 58.6 Å². The molecule has 1 atom stereocenters. The number of halogens is 1. The van der Waals surface area contributed by atoms with Crippen LogP contribution in [0.4, 0.5) is 5.69 Å². The lowest BCUT2D eigenvalue weighted by atomic mass is 9.85. The molecule has 0 spiro atoms. The molecule has 0 saturated carbocycles. The third-order valence-corrected chi connectivity index (χ3v) is 4.00. The van der Waals surface area contributed by atoms with Crippen LogP contribution in [-0.4, -0.2) is 6.61 Å². The second-order valence-electron chi connectivity index (χ2n) is 4.74. The number of nitriles is 1. The minimum atomic E-state index is -0.733. The van der Waals surface area contributed by atoms with Gasteiger partial charge in [0.2, 0.25) is 0 Å². The molecule has 1 aliphatic rings. The Balaban J connectivity index is 2.01. The summed E-state index contributed by atoms with van der Waals surface area (Å²) in [5.74, 6) is 0.782. The van der Waals surface area contributed by atoms with Crippen molar-refractivity contribution in [3.63, 3.8) is 0 Å². The van der Waals surface area contributed by atoms with Gasteiger partial charge in [0.25, 0.3) is 0 Å². The van der Waals surface area contributed by atoms with Crippen LogP contribution in [0.1, 0.15) is 12.0 Å². The van der Waals surface area contributed by atoms with Crippen LogP contribution in [0.15, 0.2) is 53.0 Å². The SMILES string of the molecule is N#CC1(Nc2ccc(Br)cc2)CCOc2ccccc21. The first-order valence-electron chi connectivity index (χ1n) is 6.41. The summed E-state index contributed by atoms with van der Waals surface area (Å²) in [4.78, 5) is 0. The summed E-state index contributed by atoms with van der Waals surface area (Å²) in [6.07, 6.45) is 0.622. The minimum Gasteiger partial charge on any atom is -0.493 e. The van der Waals surface area contributed by atoms with Crippen LogP contribution in [0.2, 0.25) is 0 Å². The number of fused-ring (bicyclic) bond motifs is 1. The molecule has 2 aromatic carbocycles. The molecule has 100 valence electrons. The second-order valence-corrected chi connectivity index (χ2v) is 5.66. The van der Waals surface area contributed by atoms with Crippen LogP contribution >= 0.6 is 15.9 Å². The van der Waals surface area contributed by atoms with Gasteiger partial charge >= 0.3 is 0 Å². The summed E-state index contributed by atoms with van der Waals surface area (Å²) in [5.41, 5.74) is 1.09. The maximum Gasteiger partial charge on any atom is 0.157 e. The molecule has 0 amide bonds. The molecule has 4 heteroatoms. The molecule has 1 N–H and O–H groups in total. The minimum absolute atomic E-state index is 0.536. The van der Waals surface area contributed by atoms with Crippen molar-refractivity contribution in [2.24, 2.45) is 0 Å². The van der Waals surface area contributed by atoms with E-state index in [-0.39, 0.29) is 0 Å². The topological polar surface area (TPSA) is 45.0 Å². The van der Waals surface area contributed by atoms with E-state index in [1.807, 2.05) is 48.5 Å². The molecule has 0 aromatic heterocycles. The molecule has 0 bridgehead atoms. The molecule has 1 unspecified atom stereocenters. The number of hydrogen-bond acceptors (Lipinski definition) is 3. The van der Waals surface area contributed by atoms with E-state index in [2.05, 4.69) is 27.3 Å². The Bertz CT molecular complexity index is 663. The lowest BCUT2D eigenvalue weighted by Gasteiger charge is -2.34. The number of rotatable bonds is 2. The molecule has 3 rings (SSSR count). The Kier molecular flexibility index (Phi) is 3.37.